The summed E-state index contributed by atoms with van der Waals surface area (Å²) >= 11 is 0. The van der Waals surface area contributed by atoms with Crippen LogP contribution >= 0.6 is 0 Å². The van der Waals surface area contributed by atoms with E-state index >= 15 is 0 Å². The molecule has 0 radical (unpaired) electrons. The van der Waals surface area contributed by atoms with Crippen LogP contribution in [-0.4, -0.2) is 0 Å². The number of hydrogen-bond acceptors (Lipinski definition) is 0. The Labute approximate surface area is 106 Å². The normalized spacial score (nSPS) is 27.3. The van der Waals surface area contributed by atoms with Crippen molar-refractivity contribution in [1.82, 2.24) is 0 Å². The molecule has 0 spiro atoms. The Morgan fingerprint density at radius 2 is 2.12 bits per heavy atom. The lowest BCUT2D eigenvalue weighted by atomic mass is 9.48. The quantitative estimate of drug-likeness (QED) is 0.566. The minimum Gasteiger partial charge on any atom is -0.103 e. The first kappa shape index (κ1) is 13.8. The van der Waals surface area contributed by atoms with E-state index in [1.165, 1.54) is 16.7 Å². The van der Waals surface area contributed by atoms with Crippen molar-refractivity contribution in [1.29, 1.82) is 0 Å². The summed E-state index contributed by atoms with van der Waals surface area (Å²) in [5.41, 5.74) is 3.65. The third-order valence-corrected chi connectivity index (χ3v) is 4.34. The minimum atomic E-state index is -0.0775. The molecule has 0 nitrogen and oxygen atoms in total. The Morgan fingerprint density at radius 3 is 2.41 bits per heavy atom. The fourth-order valence-corrected chi connectivity index (χ4v) is 3.13. The average molecular weight is 228 g/mol. The van der Waals surface area contributed by atoms with Crippen molar-refractivity contribution in [2.75, 3.05) is 0 Å². The van der Waals surface area contributed by atoms with Gasteiger partial charge in [-0.05, 0) is 32.8 Å². The molecule has 0 heteroatoms. The van der Waals surface area contributed by atoms with Crippen LogP contribution in [0.3, 0.4) is 0 Å². The van der Waals surface area contributed by atoms with Gasteiger partial charge in [-0.15, -0.1) is 6.58 Å². The SMILES string of the molecule is C=CCC1(C(C)(C=CC)C(=C)C)C(=C)C=C1C. The van der Waals surface area contributed by atoms with E-state index < -0.39 is 0 Å². The van der Waals surface area contributed by atoms with Gasteiger partial charge in [0.05, 0.1) is 0 Å². The van der Waals surface area contributed by atoms with E-state index in [0.29, 0.717) is 0 Å². The molecule has 0 saturated heterocycles. The van der Waals surface area contributed by atoms with Gasteiger partial charge in [-0.25, -0.2) is 0 Å². The van der Waals surface area contributed by atoms with Crippen molar-refractivity contribution in [2.45, 2.75) is 34.1 Å². The predicted molar refractivity (Wildman–Crippen MR) is 77.9 cm³/mol. The van der Waals surface area contributed by atoms with Crippen LogP contribution in [0.2, 0.25) is 0 Å². The van der Waals surface area contributed by atoms with Crippen molar-refractivity contribution in [3.05, 3.63) is 60.8 Å². The lowest BCUT2D eigenvalue weighted by Crippen LogP contribution is -2.45. The molecule has 0 aromatic rings. The third kappa shape index (κ3) is 1.67. The molecule has 0 aromatic carbocycles. The second-order valence-electron chi connectivity index (χ2n) is 5.23. The van der Waals surface area contributed by atoms with Gasteiger partial charge in [0.2, 0.25) is 0 Å². The van der Waals surface area contributed by atoms with Crippen LogP contribution in [0.1, 0.15) is 34.1 Å². The minimum absolute atomic E-state index is 0.0207. The maximum Gasteiger partial charge on any atom is 0.0315 e. The van der Waals surface area contributed by atoms with Gasteiger partial charge >= 0.3 is 0 Å². The van der Waals surface area contributed by atoms with E-state index in [-0.39, 0.29) is 10.8 Å². The summed E-state index contributed by atoms with van der Waals surface area (Å²) in [6.45, 7) is 20.9. The highest BCUT2D eigenvalue weighted by atomic mass is 14.5. The fraction of sp³-hybridized carbons (Fsp3) is 0.412. The van der Waals surface area contributed by atoms with E-state index in [9.17, 15) is 0 Å². The van der Waals surface area contributed by atoms with Crippen LogP contribution in [0, 0.1) is 10.8 Å². The maximum atomic E-state index is 4.21. The van der Waals surface area contributed by atoms with E-state index in [4.69, 9.17) is 0 Å². The summed E-state index contributed by atoms with van der Waals surface area (Å²) in [4.78, 5) is 0. The Bertz CT molecular complexity index is 419. The zero-order valence-electron chi connectivity index (χ0n) is 11.6. The smallest absolute Gasteiger partial charge is 0.0315 e. The van der Waals surface area contributed by atoms with Crippen LogP contribution in [0.25, 0.3) is 0 Å². The summed E-state index contributed by atoms with van der Waals surface area (Å²) in [6, 6.07) is 0. The van der Waals surface area contributed by atoms with Gasteiger partial charge < -0.3 is 0 Å². The summed E-state index contributed by atoms with van der Waals surface area (Å²) in [7, 11) is 0. The van der Waals surface area contributed by atoms with Crippen molar-refractivity contribution in [3.63, 3.8) is 0 Å². The fourth-order valence-electron chi connectivity index (χ4n) is 3.13. The van der Waals surface area contributed by atoms with Gasteiger partial charge in [-0.3, -0.25) is 0 Å². The molecule has 0 N–H and O–H groups in total. The molecule has 0 aromatic heterocycles. The average Bonchev–Trinajstić information content (AvgIpc) is 2.25. The lowest BCUT2D eigenvalue weighted by Gasteiger charge is -2.54. The lowest BCUT2D eigenvalue weighted by molar-refractivity contribution is 0.221. The Morgan fingerprint density at radius 1 is 1.53 bits per heavy atom. The summed E-state index contributed by atoms with van der Waals surface area (Å²) < 4.78 is 0. The molecule has 1 rings (SSSR count). The molecule has 0 saturated carbocycles. The molecule has 0 amide bonds. The largest absolute Gasteiger partial charge is 0.103 e. The third-order valence-electron chi connectivity index (χ3n) is 4.34. The number of rotatable bonds is 5. The van der Waals surface area contributed by atoms with Crippen molar-refractivity contribution < 1.29 is 0 Å². The molecular weight excluding hydrogens is 204 g/mol. The Kier molecular flexibility index (Phi) is 3.66. The summed E-state index contributed by atoms with van der Waals surface area (Å²) in [5, 5.41) is 0. The second kappa shape index (κ2) is 4.52. The molecule has 1 aliphatic rings. The van der Waals surface area contributed by atoms with Crippen molar-refractivity contribution in [2.24, 2.45) is 10.8 Å². The summed E-state index contributed by atoms with van der Waals surface area (Å²) in [6.07, 6.45) is 9.45. The molecule has 0 fully saturated rings. The second-order valence-corrected chi connectivity index (χ2v) is 5.23. The van der Waals surface area contributed by atoms with E-state index in [0.717, 1.165) is 6.42 Å². The van der Waals surface area contributed by atoms with Crippen molar-refractivity contribution in [3.8, 4) is 0 Å². The zero-order valence-corrected chi connectivity index (χ0v) is 11.6. The maximum absolute atomic E-state index is 4.21. The number of hydrogen-bond donors (Lipinski definition) is 0. The summed E-state index contributed by atoms with van der Waals surface area (Å²) in [5.74, 6) is 0. The first-order chi connectivity index (χ1) is 7.86. The Hall–Kier alpha value is -1.30. The van der Waals surface area contributed by atoms with Crippen LogP contribution < -0.4 is 0 Å². The first-order valence-electron chi connectivity index (χ1n) is 6.15. The molecule has 2 atom stereocenters. The molecule has 17 heavy (non-hydrogen) atoms. The molecule has 0 heterocycles. The Balaban J connectivity index is 3.42. The molecule has 2 unspecified atom stereocenters. The van der Waals surface area contributed by atoms with Gasteiger partial charge in [-0.2, -0.15) is 0 Å². The van der Waals surface area contributed by atoms with Gasteiger partial charge in [0.15, 0.2) is 0 Å². The monoisotopic (exact) mass is 228 g/mol. The van der Waals surface area contributed by atoms with E-state index in [1.807, 2.05) is 6.08 Å². The topological polar surface area (TPSA) is 0 Å². The molecule has 0 aliphatic heterocycles. The molecule has 0 bridgehead atoms. The molecular formula is C17H24. The molecule has 92 valence electrons. The van der Waals surface area contributed by atoms with Crippen LogP contribution in [-0.2, 0) is 0 Å². The van der Waals surface area contributed by atoms with Gasteiger partial charge in [0.1, 0.15) is 0 Å². The van der Waals surface area contributed by atoms with Gasteiger partial charge in [0.25, 0.3) is 0 Å². The highest BCUT2D eigenvalue weighted by Gasteiger charge is 2.52. The molecule has 1 aliphatic carbocycles. The highest BCUT2D eigenvalue weighted by Crippen LogP contribution is 2.62. The number of allylic oxidation sites excluding steroid dienone is 7. The van der Waals surface area contributed by atoms with Crippen LogP contribution in [0.5, 0.6) is 0 Å². The van der Waals surface area contributed by atoms with Gasteiger partial charge in [-0.1, -0.05) is 55.5 Å². The predicted octanol–water partition coefficient (Wildman–Crippen LogP) is 5.22. The first-order valence-corrected chi connectivity index (χ1v) is 6.15. The van der Waals surface area contributed by atoms with E-state index in [2.05, 4.69) is 65.7 Å². The zero-order chi connectivity index (χ0) is 13.3. The standard InChI is InChI=1S/C17H24/c1-8-10-16(7,13(3)4)17(11-9-2)14(5)12-15(17)6/h8-10,12H,2-3,5,11H2,1,4,6-7H3. The van der Waals surface area contributed by atoms with Crippen molar-refractivity contribution >= 4 is 0 Å². The highest BCUT2D eigenvalue weighted by molar-refractivity contribution is 5.53. The van der Waals surface area contributed by atoms with Crippen LogP contribution in [0.4, 0.5) is 0 Å². The van der Waals surface area contributed by atoms with Gasteiger partial charge in [0, 0.05) is 10.8 Å². The van der Waals surface area contributed by atoms with Crippen LogP contribution in [0.15, 0.2) is 60.8 Å². The van der Waals surface area contributed by atoms with E-state index in [1.54, 1.807) is 0 Å².